The molecule has 0 saturated heterocycles. The van der Waals surface area contributed by atoms with E-state index in [1.807, 2.05) is 60.7 Å². The maximum atomic E-state index is 12.9. The Morgan fingerprint density at radius 3 is 1.57 bits per heavy atom. The van der Waals surface area contributed by atoms with E-state index >= 15 is 0 Å². The van der Waals surface area contributed by atoms with Crippen LogP contribution in [0.3, 0.4) is 0 Å². The van der Waals surface area contributed by atoms with Crippen molar-refractivity contribution in [3.05, 3.63) is 83.4 Å². The Hall–Kier alpha value is -3.93. The van der Waals surface area contributed by atoms with Gasteiger partial charge in [-0.3, -0.25) is 0 Å². The van der Waals surface area contributed by atoms with Crippen molar-refractivity contribution in [1.29, 1.82) is 0 Å². The number of rotatable bonds is 5. The summed E-state index contributed by atoms with van der Waals surface area (Å²) in [6.07, 6.45) is 0. The molecule has 0 aromatic heterocycles. The minimum absolute atomic E-state index is 0.0581. The van der Waals surface area contributed by atoms with Crippen molar-refractivity contribution in [2.45, 2.75) is 0 Å². The molecule has 0 aliphatic rings. The summed E-state index contributed by atoms with van der Waals surface area (Å²) in [7, 11) is 3.59. The summed E-state index contributed by atoms with van der Waals surface area (Å²) in [6.45, 7) is 0. The van der Waals surface area contributed by atoms with Crippen LogP contribution in [-0.2, 0) is 14.2 Å². The second-order valence-corrected chi connectivity index (χ2v) is 6.30. The molecule has 3 aromatic rings. The van der Waals surface area contributed by atoms with Crippen LogP contribution in [0.15, 0.2) is 66.7 Å². The van der Waals surface area contributed by atoms with Gasteiger partial charge in [0.1, 0.15) is 0 Å². The highest BCUT2D eigenvalue weighted by Gasteiger charge is 2.32. The summed E-state index contributed by atoms with van der Waals surface area (Å²) in [6, 6.07) is 19.9. The molecule has 0 saturated carbocycles. The van der Waals surface area contributed by atoms with E-state index in [1.165, 1.54) is 21.3 Å². The van der Waals surface area contributed by atoms with Crippen LogP contribution in [-0.4, -0.2) is 39.2 Å². The average molecular weight is 404 g/mol. The van der Waals surface area contributed by atoms with Gasteiger partial charge in [0.15, 0.2) is 0 Å². The molecule has 0 unspecified atom stereocenters. The van der Waals surface area contributed by atoms with E-state index in [9.17, 15) is 14.4 Å². The zero-order valence-corrected chi connectivity index (χ0v) is 16.8. The van der Waals surface area contributed by atoms with Crippen LogP contribution in [0, 0.1) is 0 Å². The third kappa shape index (κ3) is 3.80. The van der Waals surface area contributed by atoms with E-state index in [0.717, 1.165) is 5.56 Å². The Morgan fingerprint density at radius 1 is 0.600 bits per heavy atom. The van der Waals surface area contributed by atoms with Gasteiger partial charge in [-0.1, -0.05) is 60.7 Å². The molecule has 6 heteroatoms. The molecule has 0 bridgehead atoms. The first kappa shape index (κ1) is 20.8. The van der Waals surface area contributed by atoms with Crippen molar-refractivity contribution in [1.82, 2.24) is 0 Å². The van der Waals surface area contributed by atoms with Crippen molar-refractivity contribution >= 4 is 17.9 Å². The lowest BCUT2D eigenvalue weighted by Crippen LogP contribution is -2.20. The molecule has 152 valence electrons. The Balaban J connectivity index is 2.56. The van der Waals surface area contributed by atoms with Gasteiger partial charge in [0, 0.05) is 5.56 Å². The van der Waals surface area contributed by atoms with Crippen molar-refractivity contribution in [3.63, 3.8) is 0 Å². The number of ether oxygens (including phenoxy) is 3. The number of hydrogen-bond donors (Lipinski definition) is 0. The van der Waals surface area contributed by atoms with Gasteiger partial charge in [-0.15, -0.1) is 0 Å². The maximum absolute atomic E-state index is 12.9. The number of hydrogen-bond acceptors (Lipinski definition) is 6. The molecule has 0 spiro atoms. The van der Waals surface area contributed by atoms with Crippen molar-refractivity contribution < 1.29 is 28.6 Å². The van der Waals surface area contributed by atoms with Crippen LogP contribution in [0.4, 0.5) is 0 Å². The first-order chi connectivity index (χ1) is 14.5. The second-order valence-electron chi connectivity index (χ2n) is 6.30. The fourth-order valence-electron chi connectivity index (χ4n) is 3.32. The smallest absolute Gasteiger partial charge is 0.339 e. The van der Waals surface area contributed by atoms with Gasteiger partial charge in [-0.25, -0.2) is 14.4 Å². The van der Waals surface area contributed by atoms with Gasteiger partial charge in [-0.2, -0.15) is 0 Å². The summed E-state index contributed by atoms with van der Waals surface area (Å²) < 4.78 is 14.8. The van der Waals surface area contributed by atoms with Crippen LogP contribution in [0.2, 0.25) is 0 Å². The Bertz CT molecular complexity index is 1090. The summed E-state index contributed by atoms with van der Waals surface area (Å²) in [5, 5.41) is 0. The van der Waals surface area contributed by atoms with Crippen LogP contribution in [0.5, 0.6) is 0 Å². The monoisotopic (exact) mass is 404 g/mol. The van der Waals surface area contributed by atoms with Crippen LogP contribution in [0.1, 0.15) is 31.1 Å². The topological polar surface area (TPSA) is 78.9 Å². The molecule has 0 aliphatic heterocycles. The third-order valence-corrected chi connectivity index (χ3v) is 4.66. The van der Waals surface area contributed by atoms with Gasteiger partial charge >= 0.3 is 17.9 Å². The van der Waals surface area contributed by atoms with E-state index in [-0.39, 0.29) is 16.7 Å². The average Bonchev–Trinajstić information content (AvgIpc) is 2.82. The number of methoxy groups -OCH3 is 3. The number of carbonyl (C=O) groups is 3. The molecule has 0 radical (unpaired) electrons. The van der Waals surface area contributed by atoms with E-state index in [0.29, 0.717) is 16.7 Å². The number of esters is 3. The van der Waals surface area contributed by atoms with Gasteiger partial charge in [0.2, 0.25) is 0 Å². The lowest BCUT2D eigenvalue weighted by Gasteiger charge is -2.20. The van der Waals surface area contributed by atoms with Gasteiger partial charge in [0.05, 0.1) is 38.0 Å². The zero-order valence-electron chi connectivity index (χ0n) is 16.8. The Labute approximate surface area is 174 Å². The SMILES string of the molecule is COC(=O)c1cc(-c2ccccc2)c(-c2ccccc2)c(C(=O)OC)c1C(=O)OC. The predicted molar refractivity (Wildman–Crippen MR) is 111 cm³/mol. The van der Waals surface area contributed by atoms with Crippen molar-refractivity contribution in [3.8, 4) is 22.3 Å². The molecule has 0 fully saturated rings. The zero-order chi connectivity index (χ0) is 21.7. The van der Waals surface area contributed by atoms with Crippen LogP contribution >= 0.6 is 0 Å². The van der Waals surface area contributed by atoms with Gasteiger partial charge in [0.25, 0.3) is 0 Å². The first-order valence-electron chi connectivity index (χ1n) is 9.10. The lowest BCUT2D eigenvalue weighted by molar-refractivity contribution is 0.0536. The highest BCUT2D eigenvalue weighted by Crippen LogP contribution is 2.39. The summed E-state index contributed by atoms with van der Waals surface area (Å²) in [5.41, 5.74) is 2.13. The molecule has 0 atom stereocenters. The molecule has 0 aliphatic carbocycles. The number of carbonyl (C=O) groups excluding carboxylic acids is 3. The quantitative estimate of drug-likeness (QED) is 0.464. The molecular formula is C24H20O6. The van der Waals surface area contributed by atoms with Crippen molar-refractivity contribution in [2.24, 2.45) is 0 Å². The molecule has 6 nitrogen and oxygen atoms in total. The standard InChI is InChI=1S/C24H20O6/c1-28-22(25)18-14-17(15-10-6-4-7-11-15)19(16-12-8-5-9-13-16)21(24(27)30-3)20(18)23(26)29-2/h4-14H,1-3H3. The molecule has 3 rings (SSSR count). The van der Waals surface area contributed by atoms with E-state index in [1.54, 1.807) is 6.07 Å². The fourth-order valence-corrected chi connectivity index (χ4v) is 3.32. The summed E-state index contributed by atoms with van der Waals surface area (Å²) >= 11 is 0. The lowest BCUT2D eigenvalue weighted by atomic mass is 9.85. The highest BCUT2D eigenvalue weighted by molar-refractivity contribution is 6.16. The van der Waals surface area contributed by atoms with Crippen molar-refractivity contribution in [2.75, 3.05) is 21.3 Å². The summed E-state index contributed by atoms with van der Waals surface area (Å²) in [5.74, 6) is -2.37. The fraction of sp³-hybridized carbons (Fsp3) is 0.125. The van der Waals surface area contributed by atoms with E-state index in [2.05, 4.69) is 0 Å². The van der Waals surface area contributed by atoms with E-state index < -0.39 is 17.9 Å². The first-order valence-corrected chi connectivity index (χ1v) is 9.10. The largest absolute Gasteiger partial charge is 0.465 e. The van der Waals surface area contributed by atoms with Crippen LogP contribution in [0.25, 0.3) is 22.3 Å². The molecule has 0 amide bonds. The molecule has 0 heterocycles. The number of benzene rings is 3. The van der Waals surface area contributed by atoms with Gasteiger partial charge in [-0.05, 0) is 22.8 Å². The maximum Gasteiger partial charge on any atom is 0.339 e. The third-order valence-electron chi connectivity index (χ3n) is 4.66. The Kier molecular flexibility index (Phi) is 6.27. The van der Waals surface area contributed by atoms with Gasteiger partial charge < -0.3 is 14.2 Å². The molecule has 0 N–H and O–H groups in total. The molecular weight excluding hydrogens is 384 g/mol. The summed E-state index contributed by atoms with van der Waals surface area (Å²) in [4.78, 5) is 38.2. The molecule has 30 heavy (non-hydrogen) atoms. The van der Waals surface area contributed by atoms with Crippen LogP contribution < -0.4 is 0 Å². The Morgan fingerprint density at radius 2 is 1.07 bits per heavy atom. The minimum atomic E-state index is -0.840. The minimum Gasteiger partial charge on any atom is -0.465 e. The molecule has 3 aromatic carbocycles. The second kappa shape index (κ2) is 9.05. The normalized spacial score (nSPS) is 10.2. The predicted octanol–water partition coefficient (Wildman–Crippen LogP) is 4.38. The highest BCUT2D eigenvalue weighted by atomic mass is 16.5. The van der Waals surface area contributed by atoms with E-state index in [4.69, 9.17) is 14.2 Å².